The van der Waals surface area contributed by atoms with Crippen molar-refractivity contribution < 1.29 is 23.1 Å². The first-order valence-corrected chi connectivity index (χ1v) is 8.58. The molecule has 0 fully saturated rings. The number of primary amides is 1. The van der Waals surface area contributed by atoms with Crippen molar-refractivity contribution >= 4 is 11.6 Å². The minimum Gasteiger partial charge on any atom is -0.484 e. The van der Waals surface area contributed by atoms with Crippen LogP contribution in [0.2, 0.25) is 0 Å². The van der Waals surface area contributed by atoms with Crippen molar-refractivity contribution in [1.82, 2.24) is 0 Å². The Hall–Kier alpha value is -2.96. The molecule has 0 aromatic heterocycles. The van der Waals surface area contributed by atoms with E-state index in [-0.39, 0.29) is 18.5 Å². The average Bonchev–Trinajstić information content (AvgIpc) is 3.10. The number of hydrogen-bond acceptors (Lipinski definition) is 4. The van der Waals surface area contributed by atoms with Crippen LogP contribution >= 0.6 is 0 Å². The first-order chi connectivity index (χ1) is 12.9. The van der Waals surface area contributed by atoms with Gasteiger partial charge in [0.15, 0.2) is 17.7 Å². The van der Waals surface area contributed by atoms with Gasteiger partial charge in [0.1, 0.15) is 18.0 Å². The van der Waals surface area contributed by atoms with Crippen LogP contribution < -0.4 is 10.5 Å². The van der Waals surface area contributed by atoms with E-state index in [0.717, 1.165) is 17.7 Å². The zero-order valence-electron chi connectivity index (χ0n) is 15.0. The Balaban J connectivity index is 1.62. The molecule has 0 saturated heterocycles. The monoisotopic (exact) mass is 374 g/mol. The van der Waals surface area contributed by atoms with Crippen LogP contribution in [0.4, 0.5) is 8.78 Å². The molecule has 0 saturated carbocycles. The van der Waals surface area contributed by atoms with Crippen molar-refractivity contribution in [3.63, 3.8) is 0 Å². The Bertz CT molecular complexity index is 880. The topological polar surface area (TPSA) is 73.9 Å². The molecule has 1 aliphatic rings. The lowest BCUT2D eigenvalue weighted by Gasteiger charge is -2.11. The van der Waals surface area contributed by atoms with Gasteiger partial charge < -0.3 is 15.3 Å². The van der Waals surface area contributed by atoms with Crippen LogP contribution in [0, 0.1) is 11.6 Å². The lowest BCUT2D eigenvalue weighted by molar-refractivity contribution is 0.0856. The highest BCUT2D eigenvalue weighted by molar-refractivity contribution is 5.94. The number of nitrogens with two attached hydrogens (primary N) is 1. The van der Waals surface area contributed by atoms with Gasteiger partial charge in [0.25, 0.3) is 5.91 Å². The Morgan fingerprint density at radius 1 is 1.26 bits per heavy atom. The summed E-state index contributed by atoms with van der Waals surface area (Å²) in [7, 11) is 0. The van der Waals surface area contributed by atoms with Gasteiger partial charge in [0, 0.05) is 6.42 Å². The molecule has 27 heavy (non-hydrogen) atoms. The normalized spacial score (nSPS) is 16.2. The second-order valence-electron chi connectivity index (χ2n) is 6.66. The molecular weight excluding hydrogens is 354 g/mol. The molecule has 1 amide bonds. The molecule has 0 aliphatic carbocycles. The Labute approximate surface area is 155 Å². The molecule has 0 bridgehead atoms. The Morgan fingerprint density at radius 2 is 1.96 bits per heavy atom. The molecule has 1 heterocycles. The van der Waals surface area contributed by atoms with Crippen LogP contribution in [0.5, 0.6) is 5.75 Å². The zero-order chi connectivity index (χ0) is 19.6. The predicted octanol–water partition coefficient (Wildman–Crippen LogP) is 4.08. The molecule has 3 rings (SSSR count). The largest absolute Gasteiger partial charge is 0.484 e. The smallest absolute Gasteiger partial charge is 0.254 e. The Morgan fingerprint density at radius 3 is 2.59 bits per heavy atom. The van der Waals surface area contributed by atoms with Gasteiger partial charge in [0.05, 0.1) is 5.71 Å². The summed E-state index contributed by atoms with van der Waals surface area (Å²) in [5.41, 5.74) is 6.98. The van der Waals surface area contributed by atoms with Crippen LogP contribution in [0.15, 0.2) is 41.6 Å². The van der Waals surface area contributed by atoms with Gasteiger partial charge in [-0.1, -0.05) is 43.3 Å². The van der Waals surface area contributed by atoms with Crippen LogP contribution in [0.1, 0.15) is 53.8 Å². The molecule has 142 valence electrons. The van der Waals surface area contributed by atoms with Gasteiger partial charge in [-0.15, -0.1) is 0 Å². The standard InChI is InChI=1S/C20H20F2N2O3/c1-11(2)12-3-5-13(6-4-12)17-9-14(24-27-17)10-26-16-8-7-15(21)18(19(16)22)20(23)25/h3-8,11,17H,9-10H2,1-2H3,(H2,23,25). The molecule has 5 nitrogen and oxygen atoms in total. The van der Waals surface area contributed by atoms with Crippen molar-refractivity contribution in [2.75, 3.05) is 6.61 Å². The van der Waals surface area contributed by atoms with Crippen LogP contribution in [-0.2, 0) is 4.84 Å². The third kappa shape index (κ3) is 4.07. The van der Waals surface area contributed by atoms with E-state index >= 15 is 0 Å². The summed E-state index contributed by atoms with van der Waals surface area (Å²) >= 11 is 0. The second kappa shape index (κ2) is 7.73. The minimum atomic E-state index is -1.19. The molecule has 2 N–H and O–H groups in total. The molecule has 1 atom stereocenters. The molecular formula is C20H20F2N2O3. The highest BCUT2D eigenvalue weighted by Gasteiger charge is 2.24. The van der Waals surface area contributed by atoms with Crippen molar-refractivity contribution in [3.8, 4) is 5.75 Å². The maximum Gasteiger partial charge on any atom is 0.254 e. The molecule has 0 radical (unpaired) electrons. The van der Waals surface area contributed by atoms with Crippen molar-refractivity contribution in [1.29, 1.82) is 0 Å². The summed E-state index contributed by atoms with van der Waals surface area (Å²) in [6.07, 6.45) is 0.260. The fourth-order valence-corrected chi connectivity index (χ4v) is 2.82. The summed E-state index contributed by atoms with van der Waals surface area (Å²) in [6, 6.07) is 10.1. The third-order valence-corrected chi connectivity index (χ3v) is 4.40. The fourth-order valence-electron chi connectivity index (χ4n) is 2.82. The van der Waals surface area contributed by atoms with E-state index in [1.165, 1.54) is 5.56 Å². The number of carbonyl (C=O) groups excluding carboxylic acids is 1. The fraction of sp³-hybridized carbons (Fsp3) is 0.300. The van der Waals surface area contributed by atoms with E-state index < -0.39 is 23.1 Å². The van der Waals surface area contributed by atoms with E-state index in [4.69, 9.17) is 15.3 Å². The lowest BCUT2D eigenvalue weighted by atomic mass is 9.98. The average molecular weight is 374 g/mol. The van der Waals surface area contributed by atoms with E-state index in [9.17, 15) is 13.6 Å². The maximum atomic E-state index is 14.2. The number of benzene rings is 2. The zero-order valence-corrected chi connectivity index (χ0v) is 15.0. The van der Waals surface area contributed by atoms with E-state index in [1.807, 2.05) is 12.1 Å². The molecule has 7 heteroatoms. The molecule has 1 aliphatic heterocycles. The van der Waals surface area contributed by atoms with E-state index in [0.29, 0.717) is 18.1 Å². The molecule has 0 spiro atoms. The summed E-state index contributed by atoms with van der Waals surface area (Å²) < 4.78 is 33.0. The SMILES string of the molecule is CC(C)c1ccc(C2CC(COc3ccc(F)c(C(N)=O)c3F)=NO2)cc1. The van der Waals surface area contributed by atoms with E-state index in [1.54, 1.807) is 0 Å². The number of halogens is 2. The second-order valence-corrected chi connectivity index (χ2v) is 6.66. The number of amides is 1. The van der Waals surface area contributed by atoms with Crippen LogP contribution in [-0.4, -0.2) is 18.2 Å². The summed E-state index contributed by atoms with van der Waals surface area (Å²) in [5.74, 6) is -3.17. The number of hydrogen-bond donors (Lipinski definition) is 1. The quantitative estimate of drug-likeness (QED) is 0.828. The van der Waals surface area contributed by atoms with Gasteiger partial charge in [-0.3, -0.25) is 4.79 Å². The minimum absolute atomic E-state index is 0.0403. The molecule has 2 aromatic rings. The van der Waals surface area contributed by atoms with Gasteiger partial charge in [-0.2, -0.15) is 0 Å². The number of oxime groups is 1. The summed E-state index contributed by atoms with van der Waals surface area (Å²) in [4.78, 5) is 16.6. The van der Waals surface area contributed by atoms with Crippen molar-refractivity contribution in [2.24, 2.45) is 10.9 Å². The third-order valence-electron chi connectivity index (χ3n) is 4.40. The van der Waals surface area contributed by atoms with Gasteiger partial charge in [-0.25, -0.2) is 8.78 Å². The molecule has 2 aromatic carbocycles. The highest BCUT2D eigenvalue weighted by Crippen LogP contribution is 2.29. The van der Waals surface area contributed by atoms with Crippen molar-refractivity contribution in [2.45, 2.75) is 32.3 Å². The van der Waals surface area contributed by atoms with Crippen molar-refractivity contribution in [3.05, 3.63) is 64.7 Å². The van der Waals surface area contributed by atoms with Gasteiger partial charge >= 0.3 is 0 Å². The maximum absolute atomic E-state index is 14.2. The number of carbonyl (C=O) groups is 1. The number of nitrogens with zero attached hydrogens (tertiary/aromatic N) is 1. The molecule has 1 unspecified atom stereocenters. The van der Waals surface area contributed by atoms with Crippen LogP contribution in [0.3, 0.4) is 0 Å². The summed E-state index contributed by atoms with van der Waals surface area (Å²) in [6.45, 7) is 4.21. The highest BCUT2D eigenvalue weighted by atomic mass is 19.1. The lowest BCUT2D eigenvalue weighted by Crippen LogP contribution is -2.17. The van der Waals surface area contributed by atoms with Gasteiger partial charge in [0.2, 0.25) is 0 Å². The van der Waals surface area contributed by atoms with Gasteiger partial charge in [-0.05, 0) is 29.2 Å². The number of ether oxygens (including phenoxy) is 1. The number of rotatable bonds is 6. The van der Waals surface area contributed by atoms with Crippen LogP contribution in [0.25, 0.3) is 0 Å². The Kier molecular flexibility index (Phi) is 5.39. The van der Waals surface area contributed by atoms with E-state index in [2.05, 4.69) is 31.1 Å². The first-order valence-electron chi connectivity index (χ1n) is 8.58. The first kappa shape index (κ1) is 18.8. The predicted molar refractivity (Wildman–Crippen MR) is 96.8 cm³/mol. The summed E-state index contributed by atoms with van der Waals surface area (Å²) in [5, 5.41) is 3.97.